The molecule has 0 bridgehead atoms. The molecule has 1 aromatic heterocycles. The minimum atomic E-state index is -0.292. The Hall–Kier alpha value is -2.15. The maximum Gasteiger partial charge on any atom is 0.233 e. The Labute approximate surface area is 127 Å². The molecule has 1 unspecified atom stereocenters. The largest absolute Gasteiger partial charge is 0.352 e. The summed E-state index contributed by atoms with van der Waals surface area (Å²) in [4.78, 5) is 11.9. The lowest BCUT2D eigenvalue weighted by atomic mass is 10.2. The lowest BCUT2D eigenvalue weighted by molar-refractivity contribution is -0.120. The first kappa shape index (κ1) is 15.2. The Morgan fingerprint density at radius 3 is 3.10 bits per heavy atom. The van der Waals surface area contributed by atoms with Gasteiger partial charge in [0.2, 0.25) is 11.1 Å². The Bertz CT molecular complexity index is 640. The van der Waals surface area contributed by atoms with Gasteiger partial charge in [0.1, 0.15) is 0 Å². The van der Waals surface area contributed by atoms with Gasteiger partial charge in [-0.2, -0.15) is 4.68 Å². The zero-order chi connectivity index (χ0) is 15.2. The van der Waals surface area contributed by atoms with Gasteiger partial charge in [0.05, 0.1) is 10.9 Å². The van der Waals surface area contributed by atoms with Crippen LogP contribution in [0.25, 0.3) is 5.69 Å². The molecule has 1 N–H and O–H groups in total. The maximum absolute atomic E-state index is 11.9. The first-order valence-electron chi connectivity index (χ1n) is 6.52. The van der Waals surface area contributed by atoms with E-state index in [2.05, 4.69) is 27.4 Å². The molecule has 1 amide bonds. The standard InChI is InChI=1S/C14H17N5OS/c1-4-8-15-13(20)11(3)21-14-16-17-18-19(14)12-7-5-6-10(2)9-12/h4-7,9,11H,1,8H2,2-3H3,(H,15,20). The van der Waals surface area contributed by atoms with Crippen molar-refractivity contribution < 1.29 is 4.79 Å². The van der Waals surface area contributed by atoms with Gasteiger partial charge in [-0.3, -0.25) is 4.79 Å². The van der Waals surface area contributed by atoms with Gasteiger partial charge in [0.15, 0.2) is 0 Å². The van der Waals surface area contributed by atoms with Crippen molar-refractivity contribution >= 4 is 17.7 Å². The number of carbonyl (C=O) groups excluding carboxylic acids is 1. The van der Waals surface area contributed by atoms with Crippen LogP contribution < -0.4 is 5.32 Å². The summed E-state index contributed by atoms with van der Waals surface area (Å²) < 4.78 is 1.63. The number of thioether (sulfide) groups is 1. The number of tetrazole rings is 1. The Morgan fingerprint density at radius 1 is 1.57 bits per heavy atom. The van der Waals surface area contributed by atoms with E-state index in [4.69, 9.17) is 0 Å². The lowest BCUT2D eigenvalue weighted by Gasteiger charge is -2.10. The Balaban J connectivity index is 2.14. The molecule has 2 rings (SSSR count). The second-order valence-electron chi connectivity index (χ2n) is 4.51. The fraction of sp³-hybridized carbons (Fsp3) is 0.286. The molecular weight excluding hydrogens is 286 g/mol. The maximum atomic E-state index is 11.9. The van der Waals surface area contributed by atoms with Crippen molar-refractivity contribution in [1.29, 1.82) is 0 Å². The average Bonchev–Trinajstić information content (AvgIpc) is 2.92. The number of hydrogen-bond donors (Lipinski definition) is 1. The van der Waals surface area contributed by atoms with E-state index in [0.29, 0.717) is 11.7 Å². The van der Waals surface area contributed by atoms with Gasteiger partial charge in [0.25, 0.3) is 0 Å². The van der Waals surface area contributed by atoms with Crippen LogP contribution in [0.4, 0.5) is 0 Å². The highest BCUT2D eigenvalue weighted by Gasteiger charge is 2.18. The van der Waals surface area contributed by atoms with Crippen molar-refractivity contribution in [2.24, 2.45) is 0 Å². The summed E-state index contributed by atoms with van der Waals surface area (Å²) in [6.45, 7) is 7.85. The minimum absolute atomic E-state index is 0.0707. The van der Waals surface area contributed by atoms with Crippen LogP contribution in [-0.4, -0.2) is 37.9 Å². The number of amides is 1. The van der Waals surface area contributed by atoms with Gasteiger partial charge in [-0.15, -0.1) is 11.7 Å². The minimum Gasteiger partial charge on any atom is -0.352 e. The smallest absolute Gasteiger partial charge is 0.233 e. The van der Waals surface area contributed by atoms with Crippen LogP contribution in [0.15, 0.2) is 42.1 Å². The molecule has 2 aromatic rings. The summed E-state index contributed by atoms with van der Waals surface area (Å²) >= 11 is 1.32. The summed E-state index contributed by atoms with van der Waals surface area (Å²) in [5, 5.41) is 14.7. The summed E-state index contributed by atoms with van der Waals surface area (Å²) in [5.74, 6) is -0.0707. The molecule has 1 heterocycles. The molecule has 110 valence electrons. The Morgan fingerprint density at radius 2 is 2.38 bits per heavy atom. The van der Waals surface area contributed by atoms with E-state index in [0.717, 1.165) is 11.3 Å². The summed E-state index contributed by atoms with van der Waals surface area (Å²) in [6, 6.07) is 7.87. The summed E-state index contributed by atoms with van der Waals surface area (Å²) in [6.07, 6.45) is 1.64. The predicted octanol–water partition coefficient (Wildman–Crippen LogP) is 1.75. The molecule has 1 aromatic carbocycles. The SMILES string of the molecule is C=CCNC(=O)C(C)Sc1nnnn1-c1cccc(C)c1. The monoisotopic (exact) mass is 303 g/mol. The van der Waals surface area contributed by atoms with E-state index in [-0.39, 0.29) is 11.2 Å². The highest BCUT2D eigenvalue weighted by Crippen LogP contribution is 2.23. The van der Waals surface area contributed by atoms with Gasteiger partial charge < -0.3 is 5.32 Å². The second kappa shape index (κ2) is 7.03. The van der Waals surface area contributed by atoms with Crippen LogP contribution in [0.2, 0.25) is 0 Å². The molecule has 0 saturated heterocycles. The third-order valence-corrected chi connectivity index (χ3v) is 3.79. The topological polar surface area (TPSA) is 72.7 Å². The number of carbonyl (C=O) groups is 1. The molecule has 7 heteroatoms. The number of nitrogens with zero attached hydrogens (tertiary/aromatic N) is 4. The van der Waals surface area contributed by atoms with Crippen LogP contribution in [0.5, 0.6) is 0 Å². The molecule has 0 radical (unpaired) electrons. The van der Waals surface area contributed by atoms with Crippen molar-refractivity contribution in [3.05, 3.63) is 42.5 Å². The first-order valence-corrected chi connectivity index (χ1v) is 7.40. The molecule has 0 aliphatic rings. The van der Waals surface area contributed by atoms with Gasteiger partial charge in [-0.25, -0.2) is 0 Å². The number of aromatic nitrogens is 4. The third-order valence-electron chi connectivity index (χ3n) is 2.76. The predicted molar refractivity (Wildman–Crippen MR) is 82.4 cm³/mol. The third kappa shape index (κ3) is 3.91. The van der Waals surface area contributed by atoms with Crippen LogP contribution in [0, 0.1) is 6.92 Å². The molecule has 0 spiro atoms. The highest BCUT2D eigenvalue weighted by atomic mass is 32.2. The van der Waals surface area contributed by atoms with Gasteiger partial charge in [-0.1, -0.05) is 30.0 Å². The normalized spacial score (nSPS) is 11.9. The first-order chi connectivity index (χ1) is 10.1. The zero-order valence-corrected chi connectivity index (χ0v) is 12.8. The van der Waals surface area contributed by atoms with Crippen molar-refractivity contribution in [2.75, 3.05) is 6.54 Å². The fourth-order valence-electron chi connectivity index (χ4n) is 1.70. The van der Waals surface area contributed by atoms with E-state index in [9.17, 15) is 4.79 Å². The summed E-state index contributed by atoms with van der Waals surface area (Å²) in [7, 11) is 0. The molecule has 0 aliphatic heterocycles. The van der Waals surface area contributed by atoms with Crippen molar-refractivity contribution in [1.82, 2.24) is 25.5 Å². The Kier molecular flexibility index (Phi) is 5.10. The molecule has 1 atom stereocenters. The molecule has 21 heavy (non-hydrogen) atoms. The molecule has 0 fully saturated rings. The number of nitrogens with one attached hydrogen (secondary N) is 1. The number of hydrogen-bond acceptors (Lipinski definition) is 5. The molecule has 6 nitrogen and oxygen atoms in total. The molecule has 0 aliphatic carbocycles. The van der Waals surface area contributed by atoms with E-state index in [1.165, 1.54) is 11.8 Å². The highest BCUT2D eigenvalue weighted by molar-refractivity contribution is 8.00. The van der Waals surface area contributed by atoms with Crippen LogP contribution >= 0.6 is 11.8 Å². The number of aryl methyl sites for hydroxylation is 1. The van der Waals surface area contributed by atoms with Gasteiger partial charge in [-0.05, 0) is 42.0 Å². The number of rotatable bonds is 6. The van der Waals surface area contributed by atoms with Crippen LogP contribution in [0.1, 0.15) is 12.5 Å². The lowest BCUT2D eigenvalue weighted by Crippen LogP contribution is -2.31. The van der Waals surface area contributed by atoms with E-state index >= 15 is 0 Å². The van der Waals surface area contributed by atoms with Crippen molar-refractivity contribution in [2.45, 2.75) is 24.3 Å². The second-order valence-corrected chi connectivity index (χ2v) is 5.81. The van der Waals surface area contributed by atoms with E-state index < -0.39 is 0 Å². The van der Waals surface area contributed by atoms with Gasteiger partial charge in [0, 0.05) is 6.54 Å². The molecule has 0 saturated carbocycles. The van der Waals surface area contributed by atoms with E-state index in [1.54, 1.807) is 10.8 Å². The van der Waals surface area contributed by atoms with Gasteiger partial charge >= 0.3 is 0 Å². The van der Waals surface area contributed by atoms with Crippen molar-refractivity contribution in [3.63, 3.8) is 0 Å². The quantitative estimate of drug-likeness (QED) is 0.650. The summed E-state index contributed by atoms with van der Waals surface area (Å²) in [5.41, 5.74) is 2.00. The zero-order valence-electron chi connectivity index (χ0n) is 12.0. The van der Waals surface area contributed by atoms with E-state index in [1.807, 2.05) is 38.1 Å². The fourth-order valence-corrected chi connectivity index (χ4v) is 2.53. The molecular formula is C14H17N5OS. The number of benzene rings is 1. The van der Waals surface area contributed by atoms with Crippen molar-refractivity contribution in [3.8, 4) is 5.69 Å². The van der Waals surface area contributed by atoms with Crippen LogP contribution in [0.3, 0.4) is 0 Å². The average molecular weight is 303 g/mol. The van der Waals surface area contributed by atoms with Crippen LogP contribution in [-0.2, 0) is 4.79 Å².